The van der Waals surface area contributed by atoms with Gasteiger partial charge in [-0.05, 0) is 31.0 Å². The van der Waals surface area contributed by atoms with Crippen LogP contribution in [0.2, 0.25) is 0 Å². The van der Waals surface area contributed by atoms with Crippen molar-refractivity contribution in [3.8, 4) is 6.07 Å². The van der Waals surface area contributed by atoms with Gasteiger partial charge in [0.05, 0.1) is 16.7 Å². The lowest BCUT2D eigenvalue weighted by atomic mass is 10.1. The zero-order valence-corrected chi connectivity index (χ0v) is 9.16. The van der Waals surface area contributed by atoms with Crippen LogP contribution in [0.5, 0.6) is 0 Å². The van der Waals surface area contributed by atoms with E-state index in [0.29, 0.717) is 12.2 Å². The number of hydrogen-bond acceptors (Lipinski definition) is 3. The number of nitrogens with one attached hydrogen (secondary N) is 1. The average molecular weight is 233 g/mol. The lowest BCUT2D eigenvalue weighted by Crippen LogP contribution is -2.31. The molecule has 1 fully saturated rings. The zero-order chi connectivity index (χ0) is 12.5. The van der Waals surface area contributed by atoms with E-state index >= 15 is 0 Å². The molecule has 0 spiro atoms. The Balaban J connectivity index is 2.20. The number of anilines is 1. The van der Waals surface area contributed by atoms with Gasteiger partial charge in [0.25, 0.3) is 0 Å². The summed E-state index contributed by atoms with van der Waals surface area (Å²) in [5, 5.41) is 11.5. The number of carbonyl (C=O) groups excluding carboxylic acids is 1. The second-order valence-corrected chi connectivity index (χ2v) is 4.24. The van der Waals surface area contributed by atoms with Crippen LogP contribution in [0.1, 0.15) is 18.4 Å². The topological polar surface area (TPSA) is 78.9 Å². The van der Waals surface area contributed by atoms with Crippen LogP contribution < -0.4 is 11.1 Å². The van der Waals surface area contributed by atoms with Gasteiger partial charge < -0.3 is 11.1 Å². The second kappa shape index (κ2) is 4.15. The molecule has 88 valence electrons. The Kier molecular flexibility index (Phi) is 2.82. The largest absolute Gasteiger partial charge is 0.329 e. The number of nitrogens with two attached hydrogens (primary N) is 1. The number of carbonyl (C=O) groups is 1. The standard InChI is InChI=1S/C12H12FN3O/c13-9-1-2-10(8(5-9)6-14)16-11(17)12(7-15)3-4-12/h1-2,5H,3-4,7,15H2,(H,16,17). The summed E-state index contributed by atoms with van der Waals surface area (Å²) in [6.07, 6.45) is 1.52. The molecular formula is C12H12FN3O. The first-order valence-corrected chi connectivity index (χ1v) is 5.32. The quantitative estimate of drug-likeness (QED) is 0.827. The molecular weight excluding hydrogens is 221 g/mol. The number of benzene rings is 1. The number of hydrogen-bond donors (Lipinski definition) is 2. The Bertz CT molecular complexity index is 503. The van der Waals surface area contributed by atoms with Crippen LogP contribution in [0.4, 0.5) is 10.1 Å². The molecule has 3 N–H and O–H groups in total. The maximum atomic E-state index is 12.9. The Morgan fingerprint density at radius 2 is 2.29 bits per heavy atom. The molecule has 1 aliphatic rings. The van der Waals surface area contributed by atoms with E-state index in [1.165, 1.54) is 12.1 Å². The summed E-state index contributed by atoms with van der Waals surface area (Å²) in [7, 11) is 0. The summed E-state index contributed by atoms with van der Waals surface area (Å²) < 4.78 is 12.9. The number of nitriles is 1. The van der Waals surface area contributed by atoms with Gasteiger partial charge in [0.1, 0.15) is 11.9 Å². The van der Waals surface area contributed by atoms with Crippen molar-refractivity contribution in [3.63, 3.8) is 0 Å². The van der Waals surface area contributed by atoms with Crippen molar-refractivity contribution in [3.05, 3.63) is 29.6 Å². The number of amides is 1. The second-order valence-electron chi connectivity index (χ2n) is 4.24. The highest BCUT2D eigenvalue weighted by molar-refractivity contribution is 5.98. The Morgan fingerprint density at radius 3 is 2.82 bits per heavy atom. The smallest absolute Gasteiger partial charge is 0.231 e. The van der Waals surface area contributed by atoms with Crippen LogP contribution in [0.15, 0.2) is 18.2 Å². The van der Waals surface area contributed by atoms with Crippen molar-refractivity contribution >= 4 is 11.6 Å². The fourth-order valence-electron chi connectivity index (χ4n) is 1.65. The van der Waals surface area contributed by atoms with Gasteiger partial charge in [-0.15, -0.1) is 0 Å². The van der Waals surface area contributed by atoms with Crippen LogP contribution in [-0.2, 0) is 4.79 Å². The van der Waals surface area contributed by atoms with Crippen LogP contribution in [0.3, 0.4) is 0 Å². The third-order valence-corrected chi connectivity index (χ3v) is 3.08. The Morgan fingerprint density at radius 1 is 1.59 bits per heavy atom. The summed E-state index contributed by atoms with van der Waals surface area (Å²) in [5.41, 5.74) is 5.50. The van der Waals surface area contributed by atoms with Gasteiger partial charge in [0.15, 0.2) is 0 Å². The van der Waals surface area contributed by atoms with E-state index in [-0.39, 0.29) is 11.5 Å². The molecule has 0 aromatic heterocycles. The predicted molar refractivity (Wildman–Crippen MR) is 60.5 cm³/mol. The minimum Gasteiger partial charge on any atom is -0.329 e. The lowest BCUT2D eigenvalue weighted by molar-refractivity contribution is -0.120. The number of halogens is 1. The molecule has 0 radical (unpaired) electrons. The first-order chi connectivity index (χ1) is 8.11. The van der Waals surface area contributed by atoms with Crippen molar-refractivity contribution in [1.82, 2.24) is 0 Å². The first kappa shape index (κ1) is 11.6. The van der Waals surface area contributed by atoms with Crippen LogP contribution in [0.25, 0.3) is 0 Å². The van der Waals surface area contributed by atoms with Gasteiger partial charge in [-0.3, -0.25) is 4.79 Å². The van der Waals surface area contributed by atoms with E-state index < -0.39 is 11.2 Å². The van der Waals surface area contributed by atoms with E-state index in [2.05, 4.69) is 5.32 Å². The minimum absolute atomic E-state index is 0.117. The monoisotopic (exact) mass is 233 g/mol. The third kappa shape index (κ3) is 2.12. The van der Waals surface area contributed by atoms with E-state index in [1.807, 2.05) is 6.07 Å². The van der Waals surface area contributed by atoms with Gasteiger partial charge in [0, 0.05) is 6.54 Å². The molecule has 0 saturated heterocycles. The summed E-state index contributed by atoms with van der Waals surface area (Å²) >= 11 is 0. The molecule has 1 aromatic rings. The van der Waals surface area contributed by atoms with Crippen LogP contribution in [0, 0.1) is 22.6 Å². The van der Waals surface area contributed by atoms with Gasteiger partial charge >= 0.3 is 0 Å². The molecule has 0 bridgehead atoms. The molecule has 0 unspecified atom stereocenters. The summed E-state index contributed by atoms with van der Waals surface area (Å²) in [4.78, 5) is 11.9. The highest BCUT2D eigenvalue weighted by Crippen LogP contribution is 2.45. The SMILES string of the molecule is N#Cc1cc(F)ccc1NC(=O)C1(CN)CC1. The van der Waals surface area contributed by atoms with Crippen molar-refractivity contribution < 1.29 is 9.18 Å². The summed E-state index contributed by atoms with van der Waals surface area (Å²) in [6.45, 7) is 0.294. The molecule has 17 heavy (non-hydrogen) atoms. The van der Waals surface area contributed by atoms with Gasteiger partial charge in [0.2, 0.25) is 5.91 Å². The molecule has 1 saturated carbocycles. The maximum absolute atomic E-state index is 12.9. The van der Waals surface area contributed by atoms with Crippen LogP contribution >= 0.6 is 0 Å². The fraction of sp³-hybridized carbons (Fsp3) is 0.333. The number of rotatable bonds is 3. The van der Waals surface area contributed by atoms with Gasteiger partial charge in [-0.1, -0.05) is 0 Å². The third-order valence-electron chi connectivity index (χ3n) is 3.08. The van der Waals surface area contributed by atoms with E-state index in [4.69, 9.17) is 11.0 Å². The van der Waals surface area contributed by atoms with Gasteiger partial charge in [-0.25, -0.2) is 4.39 Å². The molecule has 0 atom stereocenters. The molecule has 2 rings (SSSR count). The Hall–Kier alpha value is -1.93. The number of nitrogens with zero attached hydrogens (tertiary/aromatic N) is 1. The zero-order valence-electron chi connectivity index (χ0n) is 9.16. The molecule has 0 heterocycles. The summed E-state index contributed by atoms with van der Waals surface area (Å²) in [5.74, 6) is -0.692. The van der Waals surface area contributed by atoms with Crippen molar-refractivity contribution in [1.29, 1.82) is 5.26 Å². The van der Waals surface area contributed by atoms with E-state index in [1.54, 1.807) is 0 Å². The van der Waals surface area contributed by atoms with Crippen molar-refractivity contribution in [2.24, 2.45) is 11.1 Å². The molecule has 1 amide bonds. The van der Waals surface area contributed by atoms with E-state index in [0.717, 1.165) is 18.9 Å². The van der Waals surface area contributed by atoms with Crippen molar-refractivity contribution in [2.75, 3.05) is 11.9 Å². The van der Waals surface area contributed by atoms with Crippen LogP contribution in [-0.4, -0.2) is 12.5 Å². The maximum Gasteiger partial charge on any atom is 0.231 e. The molecule has 5 heteroatoms. The molecule has 1 aromatic carbocycles. The highest BCUT2D eigenvalue weighted by atomic mass is 19.1. The predicted octanol–water partition coefficient (Wildman–Crippen LogP) is 1.37. The normalized spacial score (nSPS) is 16.1. The van der Waals surface area contributed by atoms with Crippen molar-refractivity contribution in [2.45, 2.75) is 12.8 Å². The highest BCUT2D eigenvalue weighted by Gasteiger charge is 2.48. The van der Waals surface area contributed by atoms with Gasteiger partial charge in [-0.2, -0.15) is 5.26 Å². The molecule has 4 nitrogen and oxygen atoms in total. The summed E-state index contributed by atoms with van der Waals surface area (Å²) in [6, 6.07) is 5.53. The Labute approximate surface area is 98.2 Å². The van der Waals surface area contributed by atoms with E-state index in [9.17, 15) is 9.18 Å². The first-order valence-electron chi connectivity index (χ1n) is 5.32. The lowest BCUT2D eigenvalue weighted by Gasteiger charge is -2.13. The molecule has 0 aliphatic heterocycles. The fourth-order valence-corrected chi connectivity index (χ4v) is 1.65. The molecule has 1 aliphatic carbocycles. The average Bonchev–Trinajstić information content (AvgIpc) is 3.12. The minimum atomic E-state index is -0.500.